The van der Waals surface area contributed by atoms with Crippen molar-refractivity contribution >= 4 is 51.7 Å². The second kappa shape index (κ2) is 4.58. The van der Waals surface area contributed by atoms with Crippen molar-refractivity contribution in [2.24, 2.45) is 0 Å². The van der Waals surface area contributed by atoms with E-state index >= 15 is 0 Å². The molecule has 1 aliphatic heterocycles. The van der Waals surface area contributed by atoms with Crippen LogP contribution in [0.25, 0.3) is 0 Å². The third kappa shape index (κ3) is 2.46. The minimum Gasteiger partial charge on any atom is -0.372 e. The lowest BCUT2D eigenvalue weighted by molar-refractivity contribution is -0.124. The molecule has 1 aliphatic rings. The van der Waals surface area contributed by atoms with Gasteiger partial charge in [0.1, 0.15) is 6.04 Å². The zero-order chi connectivity index (χ0) is 11.7. The Morgan fingerprint density at radius 1 is 1.44 bits per heavy atom. The van der Waals surface area contributed by atoms with Crippen LogP contribution in [0.1, 0.15) is 6.42 Å². The van der Waals surface area contributed by atoms with Gasteiger partial charge >= 0.3 is 0 Å². The van der Waals surface area contributed by atoms with Crippen LogP contribution < -0.4 is 10.6 Å². The van der Waals surface area contributed by atoms with Crippen molar-refractivity contribution in [1.29, 1.82) is 0 Å². The fourth-order valence-electron chi connectivity index (χ4n) is 1.46. The number of imide groups is 1. The van der Waals surface area contributed by atoms with E-state index in [-0.39, 0.29) is 18.2 Å². The number of nitrogens with one attached hydrogen (secondary N) is 2. The normalized spacial score (nSPS) is 19.8. The first-order valence-corrected chi connectivity index (χ1v) is 6.07. The molecule has 0 bridgehead atoms. The Morgan fingerprint density at radius 2 is 2.19 bits per heavy atom. The highest BCUT2D eigenvalue weighted by atomic mass is 127. The average Bonchev–Trinajstić information content (AvgIpc) is 2.50. The molecular formula is C10H8ClIN2O2. The molecule has 1 saturated heterocycles. The lowest BCUT2D eigenvalue weighted by Gasteiger charge is -2.12. The Balaban J connectivity index is 2.15. The molecule has 0 radical (unpaired) electrons. The number of benzene rings is 1. The van der Waals surface area contributed by atoms with Crippen LogP contribution in [0.5, 0.6) is 0 Å². The van der Waals surface area contributed by atoms with Crippen molar-refractivity contribution in [3.8, 4) is 0 Å². The van der Waals surface area contributed by atoms with E-state index in [1.807, 2.05) is 6.07 Å². The van der Waals surface area contributed by atoms with E-state index in [0.717, 1.165) is 3.57 Å². The van der Waals surface area contributed by atoms with Crippen molar-refractivity contribution in [2.45, 2.75) is 12.5 Å². The first kappa shape index (κ1) is 11.7. The van der Waals surface area contributed by atoms with Gasteiger partial charge in [-0.1, -0.05) is 11.6 Å². The summed E-state index contributed by atoms with van der Waals surface area (Å²) < 4.78 is 1.01. The Labute approximate surface area is 111 Å². The van der Waals surface area contributed by atoms with Crippen LogP contribution in [0.4, 0.5) is 5.69 Å². The maximum atomic E-state index is 11.3. The highest BCUT2D eigenvalue weighted by molar-refractivity contribution is 14.1. The second-order valence-electron chi connectivity index (χ2n) is 3.44. The molecule has 0 saturated carbocycles. The highest BCUT2D eigenvalue weighted by Gasteiger charge is 2.30. The van der Waals surface area contributed by atoms with E-state index in [1.54, 1.807) is 12.1 Å². The number of amides is 2. The molecule has 0 spiro atoms. The number of hydrogen-bond acceptors (Lipinski definition) is 3. The summed E-state index contributed by atoms with van der Waals surface area (Å²) in [5, 5.41) is 5.72. The first-order chi connectivity index (χ1) is 7.56. The molecule has 1 atom stereocenters. The summed E-state index contributed by atoms with van der Waals surface area (Å²) >= 11 is 8.16. The summed E-state index contributed by atoms with van der Waals surface area (Å²) in [5.74, 6) is -0.566. The van der Waals surface area contributed by atoms with E-state index in [4.69, 9.17) is 11.6 Å². The summed E-state index contributed by atoms with van der Waals surface area (Å²) in [4.78, 5) is 22.3. The van der Waals surface area contributed by atoms with Crippen LogP contribution in [-0.2, 0) is 9.59 Å². The zero-order valence-corrected chi connectivity index (χ0v) is 11.0. The van der Waals surface area contributed by atoms with E-state index in [2.05, 4.69) is 33.2 Å². The van der Waals surface area contributed by atoms with Crippen molar-refractivity contribution < 1.29 is 9.59 Å². The van der Waals surface area contributed by atoms with Gasteiger partial charge < -0.3 is 5.32 Å². The average molecular weight is 351 g/mol. The monoisotopic (exact) mass is 350 g/mol. The molecule has 84 valence electrons. The van der Waals surface area contributed by atoms with Crippen molar-refractivity contribution in [3.05, 3.63) is 26.8 Å². The van der Waals surface area contributed by atoms with Gasteiger partial charge in [-0.05, 0) is 40.8 Å². The summed E-state index contributed by atoms with van der Waals surface area (Å²) in [5.41, 5.74) is 0.664. The predicted octanol–water partition coefficient (Wildman–Crippen LogP) is 1.77. The summed E-state index contributed by atoms with van der Waals surface area (Å²) in [6.07, 6.45) is 0.154. The summed E-state index contributed by atoms with van der Waals surface area (Å²) in [6.45, 7) is 0. The standard InChI is InChI=1S/C10H8ClIN2O2/c11-6-3-5(12)1-2-7(6)13-8-4-9(15)14-10(8)16/h1-3,8,13H,4H2,(H,14,15,16). The minimum absolute atomic E-state index is 0.154. The Bertz CT molecular complexity index is 464. The molecule has 0 aromatic heterocycles. The molecule has 4 nitrogen and oxygen atoms in total. The fourth-order valence-corrected chi connectivity index (χ4v) is 2.37. The van der Waals surface area contributed by atoms with Gasteiger partial charge in [0, 0.05) is 3.57 Å². The van der Waals surface area contributed by atoms with Gasteiger partial charge in [-0.25, -0.2) is 0 Å². The third-order valence-corrected chi connectivity index (χ3v) is 3.21. The number of carbonyl (C=O) groups is 2. The molecule has 2 rings (SSSR count). The van der Waals surface area contributed by atoms with Gasteiger partial charge in [0.15, 0.2) is 0 Å². The maximum absolute atomic E-state index is 11.3. The third-order valence-electron chi connectivity index (χ3n) is 2.23. The zero-order valence-electron chi connectivity index (χ0n) is 8.09. The van der Waals surface area contributed by atoms with Gasteiger partial charge in [-0.15, -0.1) is 0 Å². The first-order valence-electron chi connectivity index (χ1n) is 4.61. The lowest BCUT2D eigenvalue weighted by Crippen LogP contribution is -2.30. The van der Waals surface area contributed by atoms with Crippen LogP contribution in [0.2, 0.25) is 5.02 Å². The largest absolute Gasteiger partial charge is 0.372 e. The molecule has 1 aromatic rings. The van der Waals surface area contributed by atoms with E-state index in [9.17, 15) is 9.59 Å². The Kier molecular flexibility index (Phi) is 3.34. The van der Waals surface area contributed by atoms with Crippen LogP contribution >= 0.6 is 34.2 Å². The van der Waals surface area contributed by atoms with Crippen LogP contribution in [0.15, 0.2) is 18.2 Å². The second-order valence-corrected chi connectivity index (χ2v) is 5.09. The van der Waals surface area contributed by atoms with Crippen LogP contribution in [0, 0.1) is 3.57 Å². The van der Waals surface area contributed by atoms with E-state index in [0.29, 0.717) is 10.7 Å². The molecule has 16 heavy (non-hydrogen) atoms. The van der Waals surface area contributed by atoms with Crippen LogP contribution in [0.3, 0.4) is 0 Å². The molecule has 1 heterocycles. The molecule has 2 N–H and O–H groups in total. The van der Waals surface area contributed by atoms with Gasteiger partial charge in [0.2, 0.25) is 11.8 Å². The minimum atomic E-state index is -0.523. The SMILES string of the molecule is O=C1CC(Nc2ccc(I)cc2Cl)C(=O)N1. The van der Waals surface area contributed by atoms with E-state index < -0.39 is 6.04 Å². The van der Waals surface area contributed by atoms with Gasteiger partial charge in [-0.2, -0.15) is 0 Å². The number of halogens is 2. The van der Waals surface area contributed by atoms with E-state index in [1.165, 1.54) is 0 Å². The molecule has 1 fully saturated rings. The fraction of sp³-hybridized carbons (Fsp3) is 0.200. The molecule has 6 heteroatoms. The smallest absolute Gasteiger partial charge is 0.249 e. The van der Waals surface area contributed by atoms with Gasteiger partial charge in [0.25, 0.3) is 0 Å². The predicted molar refractivity (Wildman–Crippen MR) is 69.3 cm³/mol. The van der Waals surface area contributed by atoms with Crippen molar-refractivity contribution in [3.63, 3.8) is 0 Å². The maximum Gasteiger partial charge on any atom is 0.249 e. The topological polar surface area (TPSA) is 58.2 Å². The quantitative estimate of drug-likeness (QED) is 0.631. The van der Waals surface area contributed by atoms with Gasteiger partial charge in [0.05, 0.1) is 17.1 Å². The number of carbonyl (C=O) groups excluding carboxylic acids is 2. The highest BCUT2D eigenvalue weighted by Crippen LogP contribution is 2.25. The molecule has 1 unspecified atom stereocenters. The number of anilines is 1. The number of rotatable bonds is 2. The Morgan fingerprint density at radius 3 is 2.75 bits per heavy atom. The molecule has 1 aromatic carbocycles. The Hall–Kier alpha value is -0.820. The lowest BCUT2D eigenvalue weighted by atomic mass is 10.2. The molecular weight excluding hydrogens is 342 g/mol. The molecule has 2 amide bonds. The van der Waals surface area contributed by atoms with Crippen LogP contribution in [-0.4, -0.2) is 17.9 Å². The summed E-state index contributed by atoms with van der Waals surface area (Å²) in [7, 11) is 0. The number of hydrogen-bond donors (Lipinski definition) is 2. The van der Waals surface area contributed by atoms with Crippen molar-refractivity contribution in [2.75, 3.05) is 5.32 Å². The molecule has 0 aliphatic carbocycles. The summed E-state index contributed by atoms with van der Waals surface area (Å²) in [6, 6.07) is 4.94. The van der Waals surface area contributed by atoms with Crippen molar-refractivity contribution in [1.82, 2.24) is 5.32 Å². The van der Waals surface area contributed by atoms with Gasteiger partial charge in [-0.3, -0.25) is 14.9 Å².